The van der Waals surface area contributed by atoms with Gasteiger partial charge >= 0.3 is 0 Å². The molecule has 0 unspecified atom stereocenters. The first-order chi connectivity index (χ1) is 9.70. The standard InChI is InChI=1S/C15H20N2O3/c1-20-9-3-8-16-14(18)11-4-2-5-12(10-11)15(19)17-13-6-7-13/h2,4-5,10,13H,3,6-9H2,1H3,(H,16,18)(H,17,19). The Bertz CT molecular complexity index is 484. The van der Waals surface area contributed by atoms with E-state index in [9.17, 15) is 9.59 Å². The normalized spacial score (nSPS) is 13.8. The topological polar surface area (TPSA) is 67.4 Å². The highest BCUT2D eigenvalue weighted by Gasteiger charge is 2.23. The Kier molecular flexibility index (Phi) is 5.12. The van der Waals surface area contributed by atoms with Gasteiger partial charge in [-0.1, -0.05) is 6.07 Å². The Labute approximate surface area is 118 Å². The number of methoxy groups -OCH3 is 1. The number of amides is 2. The molecule has 2 rings (SSSR count). The van der Waals surface area contributed by atoms with Crippen LogP contribution in [0.3, 0.4) is 0 Å². The van der Waals surface area contributed by atoms with E-state index in [1.807, 2.05) is 0 Å². The number of ether oxygens (including phenoxy) is 1. The van der Waals surface area contributed by atoms with Crippen LogP contribution in [0.25, 0.3) is 0 Å². The average molecular weight is 276 g/mol. The van der Waals surface area contributed by atoms with Gasteiger partial charge in [0.2, 0.25) is 0 Å². The van der Waals surface area contributed by atoms with Gasteiger partial charge in [0.25, 0.3) is 11.8 Å². The number of hydrogen-bond acceptors (Lipinski definition) is 3. The molecule has 20 heavy (non-hydrogen) atoms. The lowest BCUT2D eigenvalue weighted by Gasteiger charge is -2.07. The van der Waals surface area contributed by atoms with Crippen LogP contribution in [0, 0.1) is 0 Å². The van der Waals surface area contributed by atoms with Gasteiger partial charge in [-0.3, -0.25) is 9.59 Å². The van der Waals surface area contributed by atoms with Crippen LogP contribution >= 0.6 is 0 Å². The van der Waals surface area contributed by atoms with Crippen LogP contribution < -0.4 is 10.6 Å². The van der Waals surface area contributed by atoms with Crippen molar-refractivity contribution in [2.75, 3.05) is 20.3 Å². The van der Waals surface area contributed by atoms with Gasteiger partial charge in [-0.2, -0.15) is 0 Å². The van der Waals surface area contributed by atoms with Crippen LogP contribution in [0.4, 0.5) is 0 Å². The molecule has 2 N–H and O–H groups in total. The second kappa shape index (κ2) is 7.05. The Morgan fingerprint density at radius 1 is 1.25 bits per heavy atom. The second-order valence-electron chi connectivity index (χ2n) is 4.93. The van der Waals surface area contributed by atoms with E-state index in [1.165, 1.54) is 0 Å². The van der Waals surface area contributed by atoms with Crippen LogP contribution in [0.2, 0.25) is 0 Å². The van der Waals surface area contributed by atoms with Crippen molar-refractivity contribution in [1.82, 2.24) is 10.6 Å². The van der Waals surface area contributed by atoms with Gasteiger partial charge in [-0.25, -0.2) is 0 Å². The molecule has 1 fully saturated rings. The molecule has 1 aromatic rings. The number of hydrogen-bond donors (Lipinski definition) is 2. The van der Waals surface area contributed by atoms with E-state index in [0.717, 1.165) is 19.3 Å². The summed E-state index contributed by atoms with van der Waals surface area (Å²) in [5, 5.41) is 5.71. The van der Waals surface area contributed by atoms with Crippen molar-refractivity contribution < 1.29 is 14.3 Å². The van der Waals surface area contributed by atoms with Gasteiger partial charge in [0, 0.05) is 37.4 Å². The number of benzene rings is 1. The second-order valence-corrected chi connectivity index (χ2v) is 4.93. The number of carbonyl (C=O) groups excluding carboxylic acids is 2. The third-order valence-corrected chi connectivity index (χ3v) is 3.11. The minimum atomic E-state index is -0.165. The molecule has 5 heteroatoms. The van der Waals surface area contributed by atoms with E-state index in [2.05, 4.69) is 10.6 Å². The van der Waals surface area contributed by atoms with Gasteiger partial charge in [0.1, 0.15) is 0 Å². The molecule has 108 valence electrons. The Morgan fingerprint density at radius 2 is 1.95 bits per heavy atom. The summed E-state index contributed by atoms with van der Waals surface area (Å²) in [5.41, 5.74) is 1.03. The van der Waals surface area contributed by atoms with Crippen LogP contribution in [-0.2, 0) is 4.74 Å². The molecule has 1 saturated carbocycles. The molecule has 0 aromatic heterocycles. The first-order valence-corrected chi connectivity index (χ1v) is 6.89. The average Bonchev–Trinajstić information content (AvgIpc) is 3.27. The predicted molar refractivity (Wildman–Crippen MR) is 75.8 cm³/mol. The van der Waals surface area contributed by atoms with E-state index in [-0.39, 0.29) is 11.8 Å². The molecule has 0 atom stereocenters. The summed E-state index contributed by atoms with van der Waals surface area (Å²) in [7, 11) is 1.63. The first kappa shape index (κ1) is 14.5. The molecule has 1 aliphatic carbocycles. The van der Waals surface area contributed by atoms with Gasteiger partial charge < -0.3 is 15.4 Å². The zero-order valence-corrected chi connectivity index (χ0v) is 11.6. The van der Waals surface area contributed by atoms with Gasteiger partial charge in [0.05, 0.1) is 0 Å². The molecule has 0 heterocycles. The van der Waals surface area contributed by atoms with Gasteiger partial charge in [-0.15, -0.1) is 0 Å². The molecule has 2 amide bonds. The molecule has 0 aliphatic heterocycles. The minimum Gasteiger partial charge on any atom is -0.385 e. The monoisotopic (exact) mass is 276 g/mol. The smallest absolute Gasteiger partial charge is 0.251 e. The summed E-state index contributed by atoms with van der Waals surface area (Å²) in [6, 6.07) is 7.10. The fraction of sp³-hybridized carbons (Fsp3) is 0.467. The maximum Gasteiger partial charge on any atom is 0.251 e. The molecule has 5 nitrogen and oxygen atoms in total. The summed E-state index contributed by atoms with van der Waals surface area (Å²) in [6.07, 6.45) is 2.86. The summed E-state index contributed by atoms with van der Waals surface area (Å²) in [6.45, 7) is 1.18. The summed E-state index contributed by atoms with van der Waals surface area (Å²) in [4.78, 5) is 23.8. The number of rotatable bonds is 7. The highest BCUT2D eigenvalue weighted by Crippen LogP contribution is 2.19. The van der Waals surface area contributed by atoms with E-state index >= 15 is 0 Å². The number of nitrogens with one attached hydrogen (secondary N) is 2. The summed E-state index contributed by atoms with van der Waals surface area (Å²) < 4.78 is 4.92. The fourth-order valence-electron chi connectivity index (χ4n) is 1.82. The zero-order valence-electron chi connectivity index (χ0n) is 11.6. The Hall–Kier alpha value is -1.88. The third kappa shape index (κ3) is 4.35. The van der Waals surface area contributed by atoms with Crippen molar-refractivity contribution >= 4 is 11.8 Å². The van der Waals surface area contributed by atoms with E-state index in [4.69, 9.17) is 4.74 Å². The van der Waals surface area contributed by atoms with Crippen molar-refractivity contribution in [1.29, 1.82) is 0 Å². The molecule has 1 aromatic carbocycles. The zero-order chi connectivity index (χ0) is 14.4. The largest absolute Gasteiger partial charge is 0.385 e. The maximum absolute atomic E-state index is 11.9. The van der Waals surface area contributed by atoms with Crippen LogP contribution in [0.5, 0.6) is 0 Å². The maximum atomic E-state index is 11.9. The number of carbonyl (C=O) groups is 2. The van der Waals surface area contributed by atoms with E-state index in [1.54, 1.807) is 31.4 Å². The quantitative estimate of drug-likeness (QED) is 0.739. The highest BCUT2D eigenvalue weighted by molar-refractivity contribution is 5.99. The molecule has 0 saturated heterocycles. The van der Waals surface area contributed by atoms with Crippen LogP contribution in [0.1, 0.15) is 40.0 Å². The van der Waals surface area contributed by atoms with Gasteiger partial charge in [0.15, 0.2) is 0 Å². The van der Waals surface area contributed by atoms with Crippen molar-refractivity contribution in [2.45, 2.75) is 25.3 Å². The molecular formula is C15H20N2O3. The van der Waals surface area contributed by atoms with Crippen LogP contribution in [-0.4, -0.2) is 38.1 Å². The SMILES string of the molecule is COCCCNC(=O)c1cccc(C(=O)NC2CC2)c1. The lowest BCUT2D eigenvalue weighted by Crippen LogP contribution is -2.27. The van der Waals surface area contributed by atoms with Crippen LogP contribution in [0.15, 0.2) is 24.3 Å². The lowest BCUT2D eigenvalue weighted by atomic mass is 10.1. The van der Waals surface area contributed by atoms with Crippen molar-refractivity contribution in [3.8, 4) is 0 Å². The third-order valence-electron chi connectivity index (χ3n) is 3.11. The molecule has 0 bridgehead atoms. The molecular weight excluding hydrogens is 256 g/mol. The summed E-state index contributed by atoms with van der Waals surface area (Å²) >= 11 is 0. The van der Waals surface area contributed by atoms with Crippen molar-refractivity contribution in [3.05, 3.63) is 35.4 Å². The lowest BCUT2D eigenvalue weighted by molar-refractivity contribution is 0.0948. The highest BCUT2D eigenvalue weighted by atomic mass is 16.5. The van der Waals surface area contributed by atoms with E-state index < -0.39 is 0 Å². The molecule has 0 radical (unpaired) electrons. The predicted octanol–water partition coefficient (Wildman–Crippen LogP) is 1.35. The first-order valence-electron chi connectivity index (χ1n) is 6.89. The van der Waals surface area contributed by atoms with Crippen molar-refractivity contribution in [2.24, 2.45) is 0 Å². The molecule has 1 aliphatic rings. The molecule has 0 spiro atoms. The van der Waals surface area contributed by atoms with E-state index in [0.29, 0.717) is 30.3 Å². The fourth-order valence-corrected chi connectivity index (χ4v) is 1.82. The summed E-state index contributed by atoms with van der Waals surface area (Å²) in [5.74, 6) is -0.274. The Balaban J connectivity index is 1.90. The Morgan fingerprint density at radius 3 is 2.60 bits per heavy atom. The van der Waals surface area contributed by atoms with Crippen molar-refractivity contribution in [3.63, 3.8) is 0 Å². The van der Waals surface area contributed by atoms with Gasteiger partial charge in [-0.05, 0) is 37.5 Å². The minimum absolute atomic E-state index is 0.110.